The molecule has 1 saturated heterocycles. The number of rotatable bonds is 4. The Morgan fingerprint density at radius 3 is 2.22 bits per heavy atom. The van der Waals surface area contributed by atoms with E-state index in [0.29, 0.717) is 23.8 Å². The summed E-state index contributed by atoms with van der Waals surface area (Å²) in [5, 5.41) is 0. The Labute approximate surface area is 176 Å². The number of likely N-dealkylation sites (tertiary alicyclic amines) is 1. The predicted octanol–water partition coefficient (Wildman–Crippen LogP) is 3.57. The minimum Gasteiger partial charge on any atom is -0.342 e. The van der Waals surface area contributed by atoms with Gasteiger partial charge in [0, 0.05) is 44.7 Å². The van der Waals surface area contributed by atoms with Crippen molar-refractivity contribution in [3.05, 3.63) is 35.9 Å². The van der Waals surface area contributed by atoms with Crippen LogP contribution >= 0.6 is 24.8 Å². The smallest absolute Gasteiger partial charge is 0.225 e. The van der Waals surface area contributed by atoms with Gasteiger partial charge in [-0.1, -0.05) is 44.2 Å². The van der Waals surface area contributed by atoms with Crippen LogP contribution < -0.4 is 5.73 Å². The molecule has 2 aliphatic rings. The summed E-state index contributed by atoms with van der Waals surface area (Å²) in [5.41, 5.74) is 7.38. The lowest BCUT2D eigenvalue weighted by Crippen LogP contribution is -2.55. The summed E-state index contributed by atoms with van der Waals surface area (Å²) in [5.74, 6) is 1.42. The molecule has 0 aromatic heterocycles. The average Bonchev–Trinajstić information content (AvgIpc) is 3.01. The molecule has 2 fully saturated rings. The molecule has 4 nitrogen and oxygen atoms in total. The molecule has 4 atom stereocenters. The largest absolute Gasteiger partial charge is 0.342 e. The average molecular weight is 416 g/mol. The molecule has 0 radical (unpaired) electrons. The maximum Gasteiger partial charge on any atom is 0.225 e. The van der Waals surface area contributed by atoms with Crippen LogP contribution in [-0.4, -0.2) is 47.9 Å². The standard InChI is InChI=1S/C21H33N3O.2ClH/c1-15-12-24(14-17-7-5-4-6-8-17)13-16(2)20(15)23(3)21(25)18-9-10-19(22)11-18;;/h4-8,15-16,18-20H,9-14,22H2,1-3H3;2*1H. The SMILES string of the molecule is CC1CN(Cc2ccccc2)CC(C)C1N(C)C(=O)C1CCC(N)C1.Cl.Cl. The number of hydrogen-bond acceptors (Lipinski definition) is 3. The van der Waals surface area contributed by atoms with Crippen LogP contribution in [0.2, 0.25) is 0 Å². The van der Waals surface area contributed by atoms with Gasteiger partial charge in [0.1, 0.15) is 0 Å². The zero-order valence-corrected chi connectivity index (χ0v) is 18.3. The van der Waals surface area contributed by atoms with Crippen molar-refractivity contribution in [2.75, 3.05) is 20.1 Å². The maximum atomic E-state index is 12.9. The third-order valence-electron chi connectivity index (χ3n) is 6.12. The number of benzene rings is 1. The van der Waals surface area contributed by atoms with Gasteiger partial charge >= 0.3 is 0 Å². The topological polar surface area (TPSA) is 49.6 Å². The van der Waals surface area contributed by atoms with Gasteiger partial charge in [0.05, 0.1) is 0 Å². The van der Waals surface area contributed by atoms with Gasteiger partial charge in [-0.15, -0.1) is 24.8 Å². The highest BCUT2D eigenvalue weighted by Crippen LogP contribution is 2.31. The van der Waals surface area contributed by atoms with E-state index in [9.17, 15) is 4.79 Å². The van der Waals surface area contributed by atoms with Gasteiger partial charge in [0.15, 0.2) is 0 Å². The Bertz CT molecular complexity index is 574. The van der Waals surface area contributed by atoms with Gasteiger partial charge in [-0.25, -0.2) is 0 Å². The van der Waals surface area contributed by atoms with Gasteiger partial charge in [-0.2, -0.15) is 0 Å². The highest BCUT2D eigenvalue weighted by Gasteiger charge is 2.39. The summed E-state index contributed by atoms with van der Waals surface area (Å²) < 4.78 is 0. The van der Waals surface area contributed by atoms with Crippen molar-refractivity contribution >= 4 is 30.7 Å². The monoisotopic (exact) mass is 415 g/mol. The van der Waals surface area contributed by atoms with E-state index in [0.717, 1.165) is 38.9 Å². The highest BCUT2D eigenvalue weighted by molar-refractivity contribution is 5.85. The first-order chi connectivity index (χ1) is 12.0. The third-order valence-corrected chi connectivity index (χ3v) is 6.12. The lowest BCUT2D eigenvalue weighted by Gasteiger charge is -2.46. The first-order valence-corrected chi connectivity index (χ1v) is 9.74. The Hall–Kier alpha value is -0.810. The number of amides is 1. The number of halogens is 2. The molecule has 4 unspecified atom stereocenters. The van der Waals surface area contributed by atoms with E-state index in [2.05, 4.69) is 54.0 Å². The minimum absolute atomic E-state index is 0. The van der Waals surface area contributed by atoms with Gasteiger partial charge in [0.2, 0.25) is 5.91 Å². The number of nitrogens with zero attached hydrogens (tertiary/aromatic N) is 2. The number of hydrogen-bond donors (Lipinski definition) is 1. The van der Waals surface area contributed by atoms with E-state index in [1.165, 1.54) is 5.56 Å². The lowest BCUT2D eigenvalue weighted by atomic mass is 9.84. The van der Waals surface area contributed by atoms with Crippen molar-refractivity contribution < 1.29 is 4.79 Å². The fraction of sp³-hybridized carbons (Fsp3) is 0.667. The molecule has 1 saturated carbocycles. The molecule has 27 heavy (non-hydrogen) atoms. The van der Waals surface area contributed by atoms with Crippen LogP contribution in [0.1, 0.15) is 38.7 Å². The summed E-state index contributed by atoms with van der Waals surface area (Å²) in [7, 11) is 2.01. The van der Waals surface area contributed by atoms with Crippen molar-refractivity contribution in [3.63, 3.8) is 0 Å². The van der Waals surface area contributed by atoms with Crippen LogP contribution in [0.25, 0.3) is 0 Å². The van der Waals surface area contributed by atoms with Gasteiger partial charge < -0.3 is 10.6 Å². The quantitative estimate of drug-likeness (QED) is 0.817. The molecule has 3 rings (SSSR count). The molecule has 1 heterocycles. The van der Waals surface area contributed by atoms with Crippen molar-refractivity contribution in [2.24, 2.45) is 23.5 Å². The van der Waals surface area contributed by atoms with Crippen molar-refractivity contribution in [3.8, 4) is 0 Å². The molecule has 0 spiro atoms. The van der Waals surface area contributed by atoms with E-state index >= 15 is 0 Å². The van der Waals surface area contributed by atoms with Crippen LogP contribution in [-0.2, 0) is 11.3 Å². The summed E-state index contributed by atoms with van der Waals surface area (Å²) in [6.45, 7) is 7.68. The first-order valence-electron chi connectivity index (χ1n) is 9.74. The van der Waals surface area contributed by atoms with Crippen molar-refractivity contribution in [2.45, 2.75) is 51.7 Å². The zero-order valence-electron chi connectivity index (χ0n) is 16.7. The second kappa shape index (κ2) is 10.7. The van der Waals surface area contributed by atoms with E-state index in [-0.39, 0.29) is 36.8 Å². The third kappa shape index (κ3) is 5.83. The van der Waals surface area contributed by atoms with Gasteiger partial charge in [0.25, 0.3) is 0 Å². The molecule has 1 aromatic rings. The molecular formula is C21H35Cl2N3O. The van der Waals surface area contributed by atoms with E-state index in [4.69, 9.17) is 5.73 Å². The first kappa shape index (κ1) is 24.2. The van der Waals surface area contributed by atoms with Crippen LogP contribution in [0.5, 0.6) is 0 Å². The minimum atomic E-state index is 0. The van der Waals surface area contributed by atoms with E-state index < -0.39 is 0 Å². The number of nitrogens with two attached hydrogens (primary N) is 1. The molecule has 6 heteroatoms. The molecule has 2 N–H and O–H groups in total. The molecule has 1 amide bonds. The summed E-state index contributed by atoms with van der Waals surface area (Å²) in [6, 6.07) is 11.2. The Morgan fingerprint density at radius 1 is 1.11 bits per heavy atom. The predicted molar refractivity (Wildman–Crippen MR) is 116 cm³/mol. The normalized spacial score (nSPS) is 30.9. The van der Waals surface area contributed by atoms with Crippen LogP contribution in [0.3, 0.4) is 0 Å². The van der Waals surface area contributed by atoms with Crippen molar-refractivity contribution in [1.29, 1.82) is 0 Å². The van der Waals surface area contributed by atoms with E-state index in [1.807, 2.05) is 7.05 Å². The fourth-order valence-electron chi connectivity index (χ4n) is 5.08. The second-order valence-electron chi connectivity index (χ2n) is 8.34. The molecular weight excluding hydrogens is 381 g/mol. The van der Waals surface area contributed by atoms with E-state index in [1.54, 1.807) is 0 Å². The Balaban J connectivity index is 0.00000182. The van der Waals surface area contributed by atoms with Gasteiger partial charge in [-0.05, 0) is 36.7 Å². The lowest BCUT2D eigenvalue weighted by molar-refractivity contribution is -0.140. The Morgan fingerprint density at radius 2 is 1.70 bits per heavy atom. The molecule has 1 aliphatic carbocycles. The summed E-state index contributed by atoms with van der Waals surface area (Å²) in [6.07, 6.45) is 2.81. The second-order valence-corrected chi connectivity index (χ2v) is 8.34. The van der Waals surface area contributed by atoms with Gasteiger partial charge in [-0.3, -0.25) is 9.69 Å². The molecule has 1 aliphatic heterocycles. The fourth-order valence-corrected chi connectivity index (χ4v) is 5.08. The Kier molecular flexibility index (Phi) is 9.56. The summed E-state index contributed by atoms with van der Waals surface area (Å²) >= 11 is 0. The highest BCUT2D eigenvalue weighted by atomic mass is 35.5. The molecule has 0 bridgehead atoms. The number of carbonyl (C=O) groups excluding carboxylic acids is 1. The van der Waals surface area contributed by atoms with Crippen molar-refractivity contribution in [1.82, 2.24) is 9.80 Å². The molecule has 1 aromatic carbocycles. The maximum absolute atomic E-state index is 12.9. The number of carbonyl (C=O) groups is 1. The van der Waals surface area contributed by atoms with Crippen LogP contribution in [0, 0.1) is 17.8 Å². The van der Waals surface area contributed by atoms with Crippen LogP contribution in [0.4, 0.5) is 0 Å². The molecule has 154 valence electrons. The summed E-state index contributed by atoms with van der Waals surface area (Å²) in [4.78, 5) is 17.5. The zero-order chi connectivity index (χ0) is 18.0. The van der Waals surface area contributed by atoms with Crippen LogP contribution in [0.15, 0.2) is 30.3 Å². The number of piperidine rings is 1.